The van der Waals surface area contributed by atoms with E-state index < -0.39 is 45.6 Å². The lowest BCUT2D eigenvalue weighted by atomic mass is 9.92. The molecule has 0 aliphatic carbocycles. The topological polar surface area (TPSA) is 157 Å². The van der Waals surface area contributed by atoms with Crippen LogP contribution in [0, 0.1) is 16.7 Å². The molecule has 44 heavy (non-hydrogen) atoms. The summed E-state index contributed by atoms with van der Waals surface area (Å²) >= 11 is 0. The number of allylic oxidation sites excluding steroid dienone is 1. The smallest absolute Gasteiger partial charge is 0.416 e. The van der Waals surface area contributed by atoms with E-state index in [9.17, 15) is 36.4 Å². The number of halogens is 3. The van der Waals surface area contributed by atoms with E-state index >= 15 is 0 Å². The Hall–Kier alpha value is -5.23. The van der Waals surface area contributed by atoms with Crippen LogP contribution in [0.25, 0.3) is 0 Å². The normalized spacial score (nSPS) is 15.6. The van der Waals surface area contributed by atoms with Gasteiger partial charge in [-0.3, -0.25) is 20.2 Å². The van der Waals surface area contributed by atoms with Gasteiger partial charge >= 0.3 is 18.2 Å². The Morgan fingerprint density at radius 3 is 2.36 bits per heavy atom. The van der Waals surface area contributed by atoms with Crippen molar-refractivity contribution in [1.29, 1.82) is 10.7 Å². The average Bonchev–Trinajstić information content (AvgIpc) is 2.99. The highest BCUT2D eigenvalue weighted by Crippen LogP contribution is 2.41. The maximum Gasteiger partial charge on any atom is 0.416 e. The third-order valence-electron chi connectivity index (χ3n) is 6.75. The molecule has 0 spiro atoms. The molecule has 0 radical (unpaired) electrons. The summed E-state index contributed by atoms with van der Waals surface area (Å²) in [4.78, 5) is 32.9. The Bertz CT molecular complexity index is 1800. The molecule has 1 aliphatic heterocycles. The van der Waals surface area contributed by atoms with Gasteiger partial charge in [0, 0.05) is 23.8 Å². The molecule has 15 heteroatoms. The first-order valence-electron chi connectivity index (χ1n) is 12.7. The van der Waals surface area contributed by atoms with Gasteiger partial charge in [0.2, 0.25) is 5.96 Å². The largest absolute Gasteiger partial charge is 0.466 e. The number of rotatable bonds is 6. The summed E-state index contributed by atoms with van der Waals surface area (Å²) in [6, 6.07) is 12.4. The van der Waals surface area contributed by atoms with E-state index in [0.29, 0.717) is 5.56 Å². The lowest BCUT2D eigenvalue weighted by Crippen LogP contribution is -2.56. The molecular weight excluding hydrogens is 601 g/mol. The van der Waals surface area contributed by atoms with E-state index in [1.165, 1.54) is 49.4 Å². The van der Waals surface area contributed by atoms with Crippen LogP contribution in [0.3, 0.4) is 0 Å². The Balaban J connectivity index is 1.84. The third kappa shape index (κ3) is 6.40. The molecule has 2 aromatic carbocycles. The summed E-state index contributed by atoms with van der Waals surface area (Å²) < 4.78 is 69.3. The van der Waals surface area contributed by atoms with Crippen molar-refractivity contribution in [2.45, 2.75) is 30.6 Å². The monoisotopic (exact) mass is 626 g/mol. The Morgan fingerprint density at radius 1 is 1.14 bits per heavy atom. The van der Waals surface area contributed by atoms with Gasteiger partial charge < -0.3 is 10.1 Å². The summed E-state index contributed by atoms with van der Waals surface area (Å²) in [5, 5.41) is 20.9. The molecule has 228 valence electrons. The molecule has 4 rings (SSSR count). The number of carbonyl (C=O) groups excluding carboxylic acids is 2. The number of amides is 2. The molecule has 2 amide bonds. The Labute approximate surface area is 250 Å². The molecule has 1 unspecified atom stereocenters. The number of anilines is 1. The number of esters is 1. The molecule has 0 bridgehead atoms. The highest BCUT2D eigenvalue weighted by molar-refractivity contribution is 7.90. The maximum atomic E-state index is 13.8. The number of aromatic nitrogens is 1. The van der Waals surface area contributed by atoms with Gasteiger partial charge in [0.15, 0.2) is 9.84 Å². The van der Waals surface area contributed by atoms with Crippen LogP contribution in [-0.4, -0.2) is 49.6 Å². The number of nitriles is 1. The number of hydrogen-bond donors (Lipinski definition) is 2. The number of sulfone groups is 1. The van der Waals surface area contributed by atoms with Crippen LogP contribution in [0.2, 0.25) is 0 Å². The van der Waals surface area contributed by atoms with Gasteiger partial charge in [0.05, 0.1) is 47.0 Å². The Morgan fingerprint density at radius 2 is 1.82 bits per heavy atom. The van der Waals surface area contributed by atoms with E-state index in [-0.39, 0.29) is 39.7 Å². The molecule has 1 aliphatic rings. The van der Waals surface area contributed by atoms with Crippen LogP contribution in [0.5, 0.6) is 0 Å². The number of nitrogens with one attached hydrogen (secondary N) is 2. The fourth-order valence-corrected chi connectivity index (χ4v) is 5.16. The number of alkyl halides is 3. The van der Waals surface area contributed by atoms with E-state index in [1.807, 2.05) is 6.07 Å². The van der Waals surface area contributed by atoms with E-state index in [0.717, 1.165) is 47.6 Å². The quantitative estimate of drug-likeness (QED) is 0.378. The minimum Gasteiger partial charge on any atom is -0.466 e. The molecule has 0 fully saturated rings. The van der Waals surface area contributed by atoms with E-state index in [2.05, 4.69) is 10.3 Å². The number of nitrogens with zero attached hydrogens (tertiary/aromatic N) is 4. The number of urea groups is 1. The summed E-state index contributed by atoms with van der Waals surface area (Å²) in [5.74, 6) is -1.49. The second kappa shape index (κ2) is 12.2. The van der Waals surface area contributed by atoms with Crippen LogP contribution in [0.15, 0.2) is 83.0 Å². The van der Waals surface area contributed by atoms with Gasteiger partial charge in [0.1, 0.15) is 6.04 Å². The number of guanidine groups is 1. The standard InChI is InChI=1S/C29H25F3N6O5S/c1-17-24(26(39)43-2)25(19-9-7-18(14-33)8-10-19)38(27(34)37(17)22-6-4-5-20(13-22)29(30,31)32)28(40)36-15-21-11-12-23(16-35-21)44(3,41)42/h4-13,16,25,34H,15H2,1-3H3,(H,36,40). The number of hydrogen-bond acceptors (Lipinski definition) is 8. The highest BCUT2D eigenvalue weighted by atomic mass is 32.2. The summed E-state index contributed by atoms with van der Waals surface area (Å²) in [5.41, 5.74) is -0.400. The molecule has 1 atom stereocenters. The summed E-state index contributed by atoms with van der Waals surface area (Å²) in [6.07, 6.45) is -2.57. The van der Waals surface area contributed by atoms with Gasteiger partial charge in [-0.05, 0) is 55.0 Å². The van der Waals surface area contributed by atoms with Crippen LogP contribution in [0.4, 0.5) is 23.7 Å². The van der Waals surface area contributed by atoms with Gasteiger partial charge in [0.25, 0.3) is 0 Å². The second-order valence-corrected chi connectivity index (χ2v) is 11.6. The van der Waals surface area contributed by atoms with Crippen molar-refractivity contribution in [2.24, 2.45) is 0 Å². The highest BCUT2D eigenvalue weighted by Gasteiger charge is 2.44. The predicted octanol–water partition coefficient (Wildman–Crippen LogP) is 4.53. The minimum atomic E-state index is -4.71. The number of benzene rings is 2. The van der Waals surface area contributed by atoms with Crippen molar-refractivity contribution in [3.8, 4) is 6.07 Å². The lowest BCUT2D eigenvalue weighted by Gasteiger charge is -2.43. The van der Waals surface area contributed by atoms with Crippen LogP contribution >= 0.6 is 0 Å². The molecule has 1 aromatic heterocycles. The number of pyridine rings is 1. The second-order valence-electron chi connectivity index (χ2n) is 9.62. The van der Waals surface area contributed by atoms with Crippen molar-refractivity contribution >= 4 is 33.5 Å². The first kappa shape index (κ1) is 31.7. The average molecular weight is 627 g/mol. The molecule has 0 saturated carbocycles. The SMILES string of the molecule is COC(=O)C1=C(C)N(c2cccc(C(F)(F)F)c2)C(=N)N(C(=O)NCc2ccc(S(C)(=O)=O)cn2)C1c1ccc(C#N)cc1. The van der Waals surface area contributed by atoms with Crippen LogP contribution in [-0.2, 0) is 32.1 Å². The van der Waals surface area contributed by atoms with E-state index in [4.69, 9.17) is 10.1 Å². The third-order valence-corrected chi connectivity index (χ3v) is 7.85. The zero-order valence-electron chi connectivity index (χ0n) is 23.5. The lowest BCUT2D eigenvalue weighted by molar-refractivity contribution is -0.138. The van der Waals surface area contributed by atoms with E-state index in [1.54, 1.807) is 0 Å². The maximum absolute atomic E-state index is 13.8. The number of methoxy groups -OCH3 is 1. The fraction of sp³-hybridized carbons (Fsp3) is 0.207. The molecule has 11 nitrogen and oxygen atoms in total. The van der Waals surface area contributed by atoms with Gasteiger partial charge in [-0.2, -0.15) is 18.4 Å². The first-order valence-corrected chi connectivity index (χ1v) is 14.6. The fourth-order valence-electron chi connectivity index (χ4n) is 4.60. The van der Waals surface area contributed by atoms with Crippen molar-refractivity contribution in [1.82, 2.24) is 15.2 Å². The first-order chi connectivity index (χ1) is 20.7. The summed E-state index contributed by atoms with van der Waals surface area (Å²) in [7, 11) is -2.42. The molecular formula is C29H25F3N6O5S. The summed E-state index contributed by atoms with van der Waals surface area (Å²) in [6.45, 7) is 1.19. The van der Waals surface area contributed by atoms with Crippen molar-refractivity contribution in [2.75, 3.05) is 18.3 Å². The van der Waals surface area contributed by atoms with Crippen molar-refractivity contribution in [3.63, 3.8) is 0 Å². The van der Waals surface area contributed by atoms with Crippen LogP contribution in [0.1, 0.15) is 35.3 Å². The van der Waals surface area contributed by atoms with Crippen LogP contribution < -0.4 is 10.2 Å². The number of carbonyl (C=O) groups is 2. The molecule has 2 N–H and O–H groups in total. The van der Waals surface area contributed by atoms with Gasteiger partial charge in [-0.1, -0.05) is 18.2 Å². The van der Waals surface area contributed by atoms with Crippen molar-refractivity contribution in [3.05, 3.63) is 101 Å². The zero-order chi connectivity index (χ0) is 32.4. The van der Waals surface area contributed by atoms with Gasteiger partial charge in [-0.25, -0.2) is 18.0 Å². The Kier molecular flexibility index (Phi) is 8.77. The minimum absolute atomic E-state index is 0.0358. The zero-order valence-corrected chi connectivity index (χ0v) is 24.3. The van der Waals surface area contributed by atoms with Crippen molar-refractivity contribution < 1.29 is 35.9 Å². The predicted molar refractivity (Wildman–Crippen MR) is 152 cm³/mol. The molecule has 2 heterocycles. The molecule has 0 saturated heterocycles. The molecule has 3 aromatic rings. The number of ether oxygens (including phenoxy) is 1. The van der Waals surface area contributed by atoms with Gasteiger partial charge in [-0.15, -0.1) is 0 Å².